The van der Waals surface area contributed by atoms with Crippen LogP contribution in [0.1, 0.15) is 42.9 Å². The van der Waals surface area contributed by atoms with Crippen LogP contribution >= 0.6 is 11.3 Å². The zero-order valence-corrected chi connectivity index (χ0v) is 21.9. The first-order valence-electron chi connectivity index (χ1n) is 11.7. The van der Waals surface area contributed by atoms with Crippen LogP contribution in [0.4, 0.5) is 5.13 Å². The molecule has 2 aromatic carbocycles. The van der Waals surface area contributed by atoms with Crippen LogP contribution in [-0.2, 0) is 19.1 Å². The molecule has 5 rings (SSSR count). The van der Waals surface area contributed by atoms with E-state index in [4.69, 9.17) is 18.9 Å². The van der Waals surface area contributed by atoms with Crippen molar-refractivity contribution in [2.45, 2.75) is 13.0 Å². The van der Waals surface area contributed by atoms with E-state index in [1.807, 2.05) is 0 Å². The minimum atomic E-state index is -1.12. The van der Waals surface area contributed by atoms with Gasteiger partial charge in [-0.2, -0.15) is 0 Å². The number of esters is 2. The molecule has 0 bridgehead atoms. The summed E-state index contributed by atoms with van der Waals surface area (Å²) in [5, 5.41) is 11.5. The van der Waals surface area contributed by atoms with Gasteiger partial charge in [0.1, 0.15) is 23.9 Å². The number of fused-ring (bicyclic) bond motifs is 1. The van der Waals surface area contributed by atoms with Gasteiger partial charge in [0.15, 0.2) is 16.6 Å². The Bertz CT molecular complexity index is 1540. The van der Waals surface area contributed by atoms with Gasteiger partial charge in [0.05, 0.1) is 37.1 Å². The Morgan fingerprint density at radius 1 is 0.974 bits per heavy atom. The highest BCUT2D eigenvalue weighted by atomic mass is 32.1. The maximum atomic E-state index is 13.4. The van der Waals surface area contributed by atoms with Crippen LogP contribution in [0.5, 0.6) is 11.5 Å². The summed E-state index contributed by atoms with van der Waals surface area (Å²) >= 11 is 0.886. The topological polar surface area (TPSA) is 142 Å². The van der Waals surface area contributed by atoms with Gasteiger partial charge in [-0.1, -0.05) is 23.5 Å². The number of nitrogens with zero attached hydrogens (tertiary/aromatic N) is 2. The third-order valence-electron chi connectivity index (χ3n) is 6.27. The van der Waals surface area contributed by atoms with Gasteiger partial charge in [0, 0.05) is 5.56 Å². The van der Waals surface area contributed by atoms with E-state index in [2.05, 4.69) is 4.98 Å². The molecule has 39 heavy (non-hydrogen) atoms. The molecule has 2 aliphatic heterocycles. The van der Waals surface area contributed by atoms with Crippen LogP contribution in [0.25, 0.3) is 5.76 Å². The largest absolute Gasteiger partial charge is 0.507 e. The maximum Gasteiger partial charge on any atom is 0.350 e. The molecule has 3 heterocycles. The molecule has 3 aromatic rings. The molecule has 12 heteroatoms. The van der Waals surface area contributed by atoms with E-state index in [0.29, 0.717) is 36.0 Å². The molecule has 1 atom stereocenters. The number of hydrogen-bond acceptors (Lipinski definition) is 11. The Labute approximate surface area is 226 Å². The maximum absolute atomic E-state index is 13.4. The fraction of sp³-hybridized carbons (Fsp3) is 0.222. The zero-order chi connectivity index (χ0) is 27.8. The molecule has 0 radical (unpaired) electrons. The molecule has 2 aliphatic rings. The normalized spacial score (nSPS) is 17.7. The Morgan fingerprint density at radius 2 is 1.62 bits per heavy atom. The van der Waals surface area contributed by atoms with E-state index >= 15 is 0 Å². The summed E-state index contributed by atoms with van der Waals surface area (Å²) in [4.78, 5) is 56.7. The molecule has 0 spiro atoms. The Morgan fingerprint density at radius 3 is 2.28 bits per heavy atom. The number of Topliss-reactive ketones (excluding diaryl/α,β-unsaturated/α-hetero) is 1. The number of aliphatic hydroxyl groups is 1. The number of ether oxygens (including phenoxy) is 4. The van der Waals surface area contributed by atoms with E-state index in [1.165, 1.54) is 32.4 Å². The Balaban J connectivity index is 1.68. The average Bonchev–Trinajstić information content (AvgIpc) is 3.47. The van der Waals surface area contributed by atoms with Crippen molar-refractivity contribution >= 4 is 45.9 Å². The molecular weight excluding hydrogens is 528 g/mol. The second-order valence-corrected chi connectivity index (χ2v) is 9.52. The molecular formula is C27H22N2O9S. The highest BCUT2D eigenvalue weighted by molar-refractivity contribution is 7.17. The first-order valence-corrected chi connectivity index (χ1v) is 12.5. The SMILES string of the molecule is COC(=O)c1ccc([C@H]2C(=C(O)c3ccc4c(c3)OCCO4)C(=O)C(=O)N2c2nc(C)c(C(=O)OC)s2)cc1. The molecule has 0 unspecified atom stereocenters. The number of amides is 1. The summed E-state index contributed by atoms with van der Waals surface area (Å²) in [6, 6.07) is 9.63. The third-order valence-corrected chi connectivity index (χ3v) is 7.41. The second kappa shape index (κ2) is 10.2. The first kappa shape index (κ1) is 25.9. The molecule has 1 fully saturated rings. The number of benzene rings is 2. The number of carbonyl (C=O) groups is 4. The van der Waals surface area contributed by atoms with E-state index in [9.17, 15) is 24.3 Å². The number of aromatic nitrogens is 1. The predicted octanol–water partition coefficient (Wildman–Crippen LogP) is 3.42. The number of aryl methyl sites for hydroxylation is 1. The highest BCUT2D eigenvalue weighted by Gasteiger charge is 2.48. The van der Waals surface area contributed by atoms with Gasteiger partial charge < -0.3 is 24.1 Å². The third kappa shape index (κ3) is 4.48. The minimum Gasteiger partial charge on any atom is -0.507 e. The van der Waals surface area contributed by atoms with Crippen molar-refractivity contribution in [3.8, 4) is 11.5 Å². The fourth-order valence-corrected chi connectivity index (χ4v) is 5.39. The standard InChI is InChI=1S/C27H22N2O9S/c1-13-23(26(34)36-3)39-27(28-13)29-20(14-4-6-15(7-5-14)25(33)35-2)19(22(31)24(29)32)21(30)16-8-9-17-18(12-16)38-11-10-37-17/h4-9,12,20,30H,10-11H2,1-3H3/t20-/m0/s1. The Hall–Kier alpha value is -4.71. The van der Waals surface area contributed by atoms with Crippen LogP contribution in [0, 0.1) is 6.92 Å². The summed E-state index contributed by atoms with van der Waals surface area (Å²) in [6.45, 7) is 2.28. The molecule has 1 saturated heterocycles. The number of methoxy groups -OCH3 is 2. The second-order valence-electron chi connectivity index (χ2n) is 8.54. The number of hydrogen-bond donors (Lipinski definition) is 1. The molecule has 0 saturated carbocycles. The lowest BCUT2D eigenvalue weighted by Crippen LogP contribution is -2.29. The lowest BCUT2D eigenvalue weighted by molar-refractivity contribution is -0.132. The van der Waals surface area contributed by atoms with Crippen molar-refractivity contribution in [2.24, 2.45) is 0 Å². The smallest absolute Gasteiger partial charge is 0.350 e. The Kier molecular flexibility index (Phi) is 6.79. The quantitative estimate of drug-likeness (QED) is 0.217. The fourth-order valence-electron chi connectivity index (χ4n) is 4.38. The number of thiazole rings is 1. The monoisotopic (exact) mass is 550 g/mol. The predicted molar refractivity (Wildman–Crippen MR) is 138 cm³/mol. The van der Waals surface area contributed by atoms with Crippen LogP contribution in [0.3, 0.4) is 0 Å². The molecule has 0 aliphatic carbocycles. The average molecular weight is 551 g/mol. The zero-order valence-electron chi connectivity index (χ0n) is 21.0. The first-order chi connectivity index (χ1) is 18.7. The summed E-state index contributed by atoms with van der Waals surface area (Å²) in [5.41, 5.74) is 1.01. The molecule has 11 nitrogen and oxygen atoms in total. The lowest BCUT2D eigenvalue weighted by atomic mass is 9.94. The van der Waals surface area contributed by atoms with Crippen molar-refractivity contribution in [3.63, 3.8) is 0 Å². The number of ketones is 1. The minimum absolute atomic E-state index is 0.0678. The summed E-state index contributed by atoms with van der Waals surface area (Å²) in [7, 11) is 2.48. The highest BCUT2D eigenvalue weighted by Crippen LogP contribution is 2.44. The van der Waals surface area contributed by atoms with Gasteiger partial charge in [-0.25, -0.2) is 14.6 Å². The van der Waals surface area contributed by atoms with E-state index in [-0.39, 0.29) is 26.7 Å². The summed E-state index contributed by atoms with van der Waals surface area (Å²) < 4.78 is 20.7. The van der Waals surface area contributed by atoms with E-state index < -0.39 is 35.4 Å². The van der Waals surface area contributed by atoms with Crippen LogP contribution in [0.15, 0.2) is 48.0 Å². The van der Waals surface area contributed by atoms with Gasteiger partial charge in [-0.3, -0.25) is 14.5 Å². The molecule has 1 aromatic heterocycles. The molecule has 1 amide bonds. The van der Waals surface area contributed by atoms with Gasteiger partial charge in [0.25, 0.3) is 5.78 Å². The van der Waals surface area contributed by atoms with Crippen molar-refractivity contribution in [1.29, 1.82) is 0 Å². The summed E-state index contributed by atoms with van der Waals surface area (Å²) in [6.07, 6.45) is 0. The molecule has 1 N–H and O–H groups in total. The van der Waals surface area contributed by atoms with Crippen LogP contribution < -0.4 is 14.4 Å². The van der Waals surface area contributed by atoms with E-state index in [0.717, 1.165) is 16.2 Å². The van der Waals surface area contributed by atoms with Gasteiger partial charge in [-0.15, -0.1) is 0 Å². The van der Waals surface area contributed by atoms with Crippen molar-refractivity contribution in [2.75, 3.05) is 32.3 Å². The van der Waals surface area contributed by atoms with Crippen molar-refractivity contribution < 1.29 is 43.2 Å². The number of carbonyl (C=O) groups excluding carboxylic acids is 4. The van der Waals surface area contributed by atoms with Gasteiger partial charge in [0.2, 0.25) is 0 Å². The van der Waals surface area contributed by atoms with Crippen LogP contribution in [0.2, 0.25) is 0 Å². The van der Waals surface area contributed by atoms with E-state index in [1.54, 1.807) is 31.2 Å². The van der Waals surface area contributed by atoms with Gasteiger partial charge >= 0.3 is 17.8 Å². The number of rotatable bonds is 5. The molecule has 200 valence electrons. The van der Waals surface area contributed by atoms with Crippen molar-refractivity contribution in [1.82, 2.24) is 4.98 Å². The summed E-state index contributed by atoms with van der Waals surface area (Å²) in [5.74, 6) is -2.65. The number of aliphatic hydroxyl groups excluding tert-OH is 1. The van der Waals surface area contributed by atoms with Crippen LogP contribution in [-0.4, -0.2) is 61.2 Å². The lowest BCUT2D eigenvalue weighted by Gasteiger charge is -2.23. The van der Waals surface area contributed by atoms with Gasteiger partial charge in [-0.05, 0) is 42.8 Å². The van der Waals surface area contributed by atoms with Crippen molar-refractivity contribution in [3.05, 3.63) is 75.3 Å². The number of anilines is 1.